The molecule has 30 heavy (non-hydrogen) atoms. The van der Waals surface area contributed by atoms with E-state index in [9.17, 15) is 9.18 Å². The van der Waals surface area contributed by atoms with E-state index < -0.39 is 0 Å². The summed E-state index contributed by atoms with van der Waals surface area (Å²) in [6.07, 6.45) is 0.397. The standard InChI is InChI=1S/C25H22FNO3/c1-15-7-8-16(20(26)11-15)13-27-14-17(12-23(27)28)18-9-10-22(29-2)25-24(18)19-5-3-4-6-21(19)30-25/h3-11,17H,12-14H2,1-2H3. The van der Waals surface area contributed by atoms with Gasteiger partial charge in [-0.05, 0) is 36.2 Å². The number of likely N-dealkylation sites (tertiary alicyclic amines) is 1. The number of carbonyl (C=O) groups is 1. The van der Waals surface area contributed by atoms with Crippen molar-refractivity contribution in [1.82, 2.24) is 4.90 Å². The van der Waals surface area contributed by atoms with Gasteiger partial charge in [-0.15, -0.1) is 0 Å². The average Bonchev–Trinajstić information content (AvgIpc) is 3.30. The Labute approximate surface area is 173 Å². The Bertz CT molecular complexity index is 1280. The molecule has 1 atom stereocenters. The fraction of sp³-hybridized carbons (Fsp3) is 0.240. The van der Waals surface area contributed by atoms with Crippen LogP contribution in [0.3, 0.4) is 0 Å². The summed E-state index contributed by atoms with van der Waals surface area (Å²) in [5.41, 5.74) is 3.97. The Balaban J connectivity index is 1.52. The number of ether oxygens (including phenoxy) is 1. The van der Waals surface area contributed by atoms with Crippen LogP contribution in [0.25, 0.3) is 21.9 Å². The minimum atomic E-state index is -0.265. The van der Waals surface area contributed by atoms with E-state index in [1.807, 2.05) is 49.4 Å². The van der Waals surface area contributed by atoms with E-state index in [1.54, 1.807) is 18.1 Å². The second kappa shape index (κ2) is 7.17. The molecule has 1 unspecified atom stereocenters. The highest BCUT2D eigenvalue weighted by Crippen LogP contribution is 2.42. The van der Waals surface area contributed by atoms with Gasteiger partial charge in [-0.3, -0.25) is 4.79 Å². The first-order valence-corrected chi connectivity index (χ1v) is 10.1. The molecule has 1 aliphatic heterocycles. The van der Waals surface area contributed by atoms with Crippen molar-refractivity contribution in [3.63, 3.8) is 0 Å². The number of carbonyl (C=O) groups excluding carboxylic acids is 1. The zero-order chi connectivity index (χ0) is 20.8. The van der Waals surface area contributed by atoms with Crippen LogP contribution in [0.4, 0.5) is 4.39 Å². The lowest BCUT2D eigenvalue weighted by atomic mass is 9.93. The summed E-state index contributed by atoms with van der Waals surface area (Å²) in [5.74, 6) is 0.462. The van der Waals surface area contributed by atoms with Crippen LogP contribution in [0, 0.1) is 12.7 Å². The zero-order valence-electron chi connectivity index (χ0n) is 16.9. The summed E-state index contributed by atoms with van der Waals surface area (Å²) in [5, 5.41) is 2.00. The van der Waals surface area contributed by atoms with Gasteiger partial charge in [0.15, 0.2) is 11.3 Å². The molecule has 152 valence electrons. The third-order valence-electron chi connectivity index (χ3n) is 5.97. The third kappa shape index (κ3) is 3.02. The van der Waals surface area contributed by atoms with Crippen molar-refractivity contribution in [2.24, 2.45) is 0 Å². The Kier molecular flexibility index (Phi) is 4.46. The van der Waals surface area contributed by atoms with Crippen molar-refractivity contribution in [3.8, 4) is 5.75 Å². The van der Waals surface area contributed by atoms with Crippen molar-refractivity contribution >= 4 is 27.8 Å². The lowest BCUT2D eigenvalue weighted by molar-refractivity contribution is -0.128. The minimum absolute atomic E-state index is 0.0143. The van der Waals surface area contributed by atoms with Gasteiger partial charge in [0.2, 0.25) is 5.91 Å². The van der Waals surface area contributed by atoms with E-state index in [0.717, 1.165) is 27.5 Å². The summed E-state index contributed by atoms with van der Waals surface area (Å²) in [6.45, 7) is 2.69. The highest BCUT2D eigenvalue weighted by atomic mass is 19.1. The van der Waals surface area contributed by atoms with Crippen LogP contribution < -0.4 is 4.74 Å². The maximum Gasteiger partial charge on any atom is 0.223 e. The van der Waals surface area contributed by atoms with Gasteiger partial charge in [0.25, 0.3) is 0 Å². The van der Waals surface area contributed by atoms with Gasteiger partial charge in [0.1, 0.15) is 11.4 Å². The van der Waals surface area contributed by atoms with Crippen LogP contribution >= 0.6 is 0 Å². The molecule has 1 aliphatic rings. The van der Waals surface area contributed by atoms with Crippen LogP contribution in [0.2, 0.25) is 0 Å². The molecular formula is C25H22FNO3. The molecule has 1 amide bonds. The first-order valence-electron chi connectivity index (χ1n) is 10.1. The first-order chi connectivity index (χ1) is 14.5. The fourth-order valence-corrected chi connectivity index (χ4v) is 4.45. The van der Waals surface area contributed by atoms with E-state index in [2.05, 4.69) is 0 Å². The van der Waals surface area contributed by atoms with Crippen molar-refractivity contribution in [2.45, 2.75) is 25.8 Å². The second-order valence-electron chi connectivity index (χ2n) is 7.93. The maximum atomic E-state index is 14.3. The number of amides is 1. The van der Waals surface area contributed by atoms with Crippen molar-refractivity contribution < 1.29 is 18.3 Å². The van der Waals surface area contributed by atoms with Gasteiger partial charge in [-0.2, -0.15) is 0 Å². The molecule has 2 heterocycles. The van der Waals surface area contributed by atoms with Crippen LogP contribution in [0.1, 0.15) is 29.0 Å². The molecule has 5 rings (SSSR count). The number of rotatable bonds is 4. The van der Waals surface area contributed by atoms with Gasteiger partial charge in [-0.25, -0.2) is 4.39 Å². The highest BCUT2D eigenvalue weighted by molar-refractivity contribution is 6.09. The van der Waals surface area contributed by atoms with Gasteiger partial charge in [-0.1, -0.05) is 36.4 Å². The minimum Gasteiger partial charge on any atom is -0.493 e. The van der Waals surface area contributed by atoms with E-state index in [1.165, 1.54) is 6.07 Å². The zero-order valence-corrected chi connectivity index (χ0v) is 16.9. The summed E-state index contributed by atoms with van der Waals surface area (Å²) in [7, 11) is 1.62. The number of fused-ring (bicyclic) bond motifs is 3. The number of methoxy groups -OCH3 is 1. The third-order valence-corrected chi connectivity index (χ3v) is 5.97. The normalized spacial score (nSPS) is 16.7. The predicted molar refractivity (Wildman–Crippen MR) is 114 cm³/mol. The molecule has 0 radical (unpaired) electrons. The number of halogens is 1. The second-order valence-corrected chi connectivity index (χ2v) is 7.93. The van der Waals surface area contributed by atoms with E-state index in [-0.39, 0.29) is 24.2 Å². The molecule has 4 aromatic rings. The lowest BCUT2D eigenvalue weighted by Gasteiger charge is -2.18. The average molecular weight is 403 g/mol. The van der Waals surface area contributed by atoms with Gasteiger partial charge in [0.05, 0.1) is 7.11 Å². The number of hydrogen-bond donors (Lipinski definition) is 0. The molecule has 0 N–H and O–H groups in total. The Morgan fingerprint density at radius 3 is 2.80 bits per heavy atom. The van der Waals surface area contributed by atoms with Gasteiger partial charge in [0, 0.05) is 41.8 Å². The Morgan fingerprint density at radius 1 is 1.17 bits per heavy atom. The number of hydrogen-bond acceptors (Lipinski definition) is 3. The predicted octanol–water partition coefficient (Wildman–Crippen LogP) is 5.56. The van der Waals surface area contributed by atoms with Gasteiger partial charge < -0.3 is 14.1 Å². The Morgan fingerprint density at radius 2 is 2.00 bits per heavy atom. The molecule has 1 aromatic heterocycles. The first kappa shape index (κ1) is 18.7. The van der Waals surface area contributed by atoms with Crippen LogP contribution in [0.15, 0.2) is 59.0 Å². The smallest absolute Gasteiger partial charge is 0.223 e. The number of nitrogens with zero attached hydrogens (tertiary/aromatic N) is 1. The monoisotopic (exact) mass is 403 g/mol. The van der Waals surface area contributed by atoms with Crippen molar-refractivity contribution in [3.05, 3.63) is 77.1 Å². The van der Waals surface area contributed by atoms with E-state index in [4.69, 9.17) is 9.15 Å². The lowest BCUT2D eigenvalue weighted by Crippen LogP contribution is -2.25. The molecule has 4 nitrogen and oxygen atoms in total. The number of furan rings is 1. The van der Waals surface area contributed by atoms with Crippen LogP contribution in [0.5, 0.6) is 5.75 Å². The molecule has 0 aliphatic carbocycles. The number of para-hydroxylation sites is 1. The molecular weight excluding hydrogens is 381 g/mol. The number of aryl methyl sites for hydroxylation is 1. The molecule has 1 saturated heterocycles. The maximum absolute atomic E-state index is 14.3. The van der Waals surface area contributed by atoms with E-state index in [0.29, 0.717) is 29.9 Å². The van der Waals surface area contributed by atoms with Crippen LogP contribution in [-0.4, -0.2) is 24.5 Å². The topological polar surface area (TPSA) is 42.7 Å². The van der Waals surface area contributed by atoms with Gasteiger partial charge >= 0.3 is 0 Å². The molecule has 0 saturated carbocycles. The van der Waals surface area contributed by atoms with Crippen molar-refractivity contribution in [1.29, 1.82) is 0 Å². The summed E-state index contributed by atoms with van der Waals surface area (Å²) in [6, 6.07) is 17.0. The SMILES string of the molecule is COc1ccc(C2CC(=O)N(Cc3ccc(C)cc3F)C2)c2c1oc1ccccc12. The summed E-state index contributed by atoms with van der Waals surface area (Å²) >= 11 is 0. The number of benzene rings is 3. The highest BCUT2D eigenvalue weighted by Gasteiger charge is 2.33. The van der Waals surface area contributed by atoms with E-state index >= 15 is 0 Å². The largest absolute Gasteiger partial charge is 0.493 e. The molecule has 1 fully saturated rings. The molecule has 3 aromatic carbocycles. The van der Waals surface area contributed by atoms with Crippen molar-refractivity contribution in [2.75, 3.05) is 13.7 Å². The quantitative estimate of drug-likeness (QED) is 0.448. The molecule has 5 heteroatoms. The molecule has 0 spiro atoms. The molecule has 0 bridgehead atoms. The van der Waals surface area contributed by atoms with Crippen LogP contribution in [-0.2, 0) is 11.3 Å². The Hall–Kier alpha value is -3.34. The summed E-state index contributed by atoms with van der Waals surface area (Å²) < 4.78 is 25.9. The fourth-order valence-electron chi connectivity index (χ4n) is 4.45. The summed E-state index contributed by atoms with van der Waals surface area (Å²) in [4.78, 5) is 14.5.